The minimum Gasteiger partial charge on any atom is -0.330 e. The van der Waals surface area contributed by atoms with Crippen molar-refractivity contribution in [2.24, 2.45) is 13.0 Å². The number of para-hydroxylation sites is 2. The average molecular weight is 288 g/mol. The molecular formula is C17H28N4. The van der Waals surface area contributed by atoms with Gasteiger partial charge in [0, 0.05) is 19.6 Å². The average Bonchev–Trinajstić information content (AvgIpc) is 2.76. The molecule has 4 heteroatoms. The normalized spacial score (nSPS) is 15.0. The molecule has 1 heterocycles. The van der Waals surface area contributed by atoms with Gasteiger partial charge in [0.05, 0.1) is 17.1 Å². The number of likely N-dealkylation sites (N-methyl/N-ethyl adjacent to an activating group) is 1. The Balaban J connectivity index is 2.12. The van der Waals surface area contributed by atoms with Gasteiger partial charge in [-0.25, -0.2) is 4.98 Å². The van der Waals surface area contributed by atoms with Crippen LogP contribution in [0.15, 0.2) is 24.3 Å². The van der Waals surface area contributed by atoms with Crippen molar-refractivity contribution in [2.75, 3.05) is 20.6 Å². The summed E-state index contributed by atoms with van der Waals surface area (Å²) >= 11 is 0. The lowest BCUT2D eigenvalue weighted by Gasteiger charge is -2.29. The number of aromatic nitrogens is 2. The second-order valence-electron chi connectivity index (χ2n) is 6.42. The molecule has 21 heavy (non-hydrogen) atoms. The molecule has 0 spiro atoms. The van der Waals surface area contributed by atoms with E-state index in [0.29, 0.717) is 12.0 Å². The molecule has 2 atom stereocenters. The zero-order valence-corrected chi connectivity index (χ0v) is 14.1. The Morgan fingerprint density at radius 1 is 1.19 bits per heavy atom. The Labute approximate surface area is 128 Å². The third-order valence-corrected chi connectivity index (χ3v) is 4.28. The summed E-state index contributed by atoms with van der Waals surface area (Å²) in [6, 6.07) is 9.06. The highest BCUT2D eigenvalue weighted by Crippen LogP contribution is 2.19. The standard InChI is InChI=1S/C17H28N4/c1-12(2)16(20(4)5)11-18-13(3)17-19-14-9-7-8-10-15(14)21(17)6/h7-10,12-13,16,18H,11H2,1-6H3. The fourth-order valence-corrected chi connectivity index (χ4v) is 2.95. The maximum absolute atomic E-state index is 4.77. The number of aryl methyl sites for hydroxylation is 1. The highest BCUT2D eigenvalue weighted by atomic mass is 15.2. The van der Waals surface area contributed by atoms with Gasteiger partial charge in [0.1, 0.15) is 5.82 Å². The molecule has 2 aromatic rings. The van der Waals surface area contributed by atoms with Crippen molar-refractivity contribution in [3.8, 4) is 0 Å². The first kappa shape index (κ1) is 16.0. The van der Waals surface area contributed by atoms with Gasteiger partial charge in [0.15, 0.2) is 0 Å². The molecule has 0 aliphatic heterocycles. The van der Waals surface area contributed by atoms with Gasteiger partial charge < -0.3 is 14.8 Å². The van der Waals surface area contributed by atoms with Crippen LogP contribution < -0.4 is 5.32 Å². The van der Waals surface area contributed by atoms with Crippen LogP contribution in [0.2, 0.25) is 0 Å². The van der Waals surface area contributed by atoms with E-state index in [1.807, 2.05) is 6.07 Å². The Hall–Kier alpha value is -1.39. The summed E-state index contributed by atoms with van der Waals surface area (Å²) in [7, 11) is 6.38. The molecule has 1 N–H and O–H groups in total. The second-order valence-corrected chi connectivity index (χ2v) is 6.42. The van der Waals surface area contributed by atoms with Gasteiger partial charge in [-0.3, -0.25) is 0 Å². The van der Waals surface area contributed by atoms with Crippen molar-refractivity contribution in [1.29, 1.82) is 0 Å². The largest absolute Gasteiger partial charge is 0.330 e. The lowest BCUT2D eigenvalue weighted by Crippen LogP contribution is -2.42. The van der Waals surface area contributed by atoms with E-state index in [9.17, 15) is 0 Å². The van der Waals surface area contributed by atoms with Crippen LogP contribution in [-0.4, -0.2) is 41.1 Å². The smallest absolute Gasteiger partial charge is 0.126 e. The van der Waals surface area contributed by atoms with Crippen LogP contribution in [0.25, 0.3) is 11.0 Å². The summed E-state index contributed by atoms with van der Waals surface area (Å²) in [5, 5.41) is 3.64. The summed E-state index contributed by atoms with van der Waals surface area (Å²) in [5.41, 5.74) is 2.26. The Morgan fingerprint density at radius 2 is 1.86 bits per heavy atom. The quantitative estimate of drug-likeness (QED) is 0.887. The van der Waals surface area contributed by atoms with E-state index in [2.05, 4.69) is 74.9 Å². The van der Waals surface area contributed by atoms with Crippen LogP contribution in [0, 0.1) is 5.92 Å². The Morgan fingerprint density at radius 3 is 2.43 bits per heavy atom. The number of fused-ring (bicyclic) bond motifs is 1. The van der Waals surface area contributed by atoms with Gasteiger partial charge in [-0.2, -0.15) is 0 Å². The van der Waals surface area contributed by atoms with Crippen LogP contribution in [0.3, 0.4) is 0 Å². The minimum atomic E-state index is 0.239. The molecule has 1 aromatic heterocycles. The number of benzene rings is 1. The molecule has 1 aromatic carbocycles. The van der Waals surface area contributed by atoms with E-state index < -0.39 is 0 Å². The van der Waals surface area contributed by atoms with Crippen molar-refractivity contribution in [1.82, 2.24) is 19.8 Å². The molecule has 0 aliphatic carbocycles. The first-order chi connectivity index (χ1) is 9.91. The zero-order chi connectivity index (χ0) is 15.6. The number of hydrogen-bond donors (Lipinski definition) is 1. The molecule has 4 nitrogen and oxygen atoms in total. The molecule has 0 aliphatic rings. The summed E-state index contributed by atoms with van der Waals surface area (Å²) in [4.78, 5) is 7.06. The summed E-state index contributed by atoms with van der Waals surface area (Å²) < 4.78 is 2.19. The van der Waals surface area contributed by atoms with Crippen molar-refractivity contribution < 1.29 is 0 Å². The minimum absolute atomic E-state index is 0.239. The molecule has 0 bridgehead atoms. The third kappa shape index (κ3) is 3.44. The van der Waals surface area contributed by atoms with Crippen molar-refractivity contribution in [3.63, 3.8) is 0 Å². The Bertz CT molecular complexity index is 577. The summed E-state index contributed by atoms with van der Waals surface area (Å²) in [6.45, 7) is 7.70. The SMILES string of the molecule is CC(NCC(C(C)C)N(C)C)c1nc2ccccc2n1C. The maximum Gasteiger partial charge on any atom is 0.126 e. The van der Waals surface area contributed by atoms with E-state index >= 15 is 0 Å². The number of nitrogens with one attached hydrogen (secondary N) is 1. The van der Waals surface area contributed by atoms with E-state index in [-0.39, 0.29) is 6.04 Å². The highest BCUT2D eigenvalue weighted by Gasteiger charge is 2.19. The van der Waals surface area contributed by atoms with Gasteiger partial charge >= 0.3 is 0 Å². The fraction of sp³-hybridized carbons (Fsp3) is 0.588. The van der Waals surface area contributed by atoms with E-state index in [1.54, 1.807) is 0 Å². The zero-order valence-electron chi connectivity index (χ0n) is 14.1. The lowest BCUT2D eigenvalue weighted by molar-refractivity contribution is 0.219. The van der Waals surface area contributed by atoms with Crippen molar-refractivity contribution >= 4 is 11.0 Å². The number of nitrogens with zero attached hydrogens (tertiary/aromatic N) is 3. The number of rotatable bonds is 6. The first-order valence-corrected chi connectivity index (χ1v) is 7.73. The molecule has 2 unspecified atom stereocenters. The highest BCUT2D eigenvalue weighted by molar-refractivity contribution is 5.75. The van der Waals surface area contributed by atoms with Crippen LogP contribution in [-0.2, 0) is 7.05 Å². The molecule has 0 radical (unpaired) electrons. The molecule has 0 saturated carbocycles. The molecule has 0 amide bonds. The predicted molar refractivity (Wildman–Crippen MR) is 89.4 cm³/mol. The van der Waals surface area contributed by atoms with E-state index in [0.717, 1.165) is 17.9 Å². The van der Waals surface area contributed by atoms with Crippen LogP contribution in [0.5, 0.6) is 0 Å². The van der Waals surface area contributed by atoms with Gasteiger partial charge in [-0.15, -0.1) is 0 Å². The van der Waals surface area contributed by atoms with E-state index in [4.69, 9.17) is 4.98 Å². The van der Waals surface area contributed by atoms with Gasteiger partial charge in [0.25, 0.3) is 0 Å². The first-order valence-electron chi connectivity index (χ1n) is 7.73. The topological polar surface area (TPSA) is 33.1 Å². The summed E-state index contributed by atoms with van der Waals surface area (Å²) in [6.07, 6.45) is 0. The predicted octanol–water partition coefficient (Wildman–Crippen LogP) is 2.81. The van der Waals surface area contributed by atoms with Crippen LogP contribution in [0.4, 0.5) is 0 Å². The van der Waals surface area contributed by atoms with Gasteiger partial charge in [-0.1, -0.05) is 26.0 Å². The number of hydrogen-bond acceptors (Lipinski definition) is 3. The lowest BCUT2D eigenvalue weighted by atomic mass is 10.0. The Kier molecular flexibility index (Phi) is 5.01. The third-order valence-electron chi connectivity index (χ3n) is 4.28. The van der Waals surface area contributed by atoms with Crippen LogP contribution >= 0.6 is 0 Å². The molecule has 2 rings (SSSR count). The monoisotopic (exact) mass is 288 g/mol. The molecular weight excluding hydrogens is 260 g/mol. The van der Waals surface area contributed by atoms with Crippen molar-refractivity contribution in [3.05, 3.63) is 30.1 Å². The molecule has 0 saturated heterocycles. The van der Waals surface area contributed by atoms with Gasteiger partial charge in [0.2, 0.25) is 0 Å². The van der Waals surface area contributed by atoms with Crippen molar-refractivity contribution in [2.45, 2.75) is 32.9 Å². The number of imidazole rings is 1. The molecule has 116 valence electrons. The van der Waals surface area contributed by atoms with Gasteiger partial charge in [-0.05, 0) is 39.1 Å². The van der Waals surface area contributed by atoms with E-state index in [1.165, 1.54) is 5.52 Å². The fourth-order valence-electron chi connectivity index (χ4n) is 2.95. The second kappa shape index (κ2) is 6.58. The summed E-state index contributed by atoms with van der Waals surface area (Å²) in [5.74, 6) is 1.72. The molecule has 0 fully saturated rings. The maximum atomic E-state index is 4.77. The van der Waals surface area contributed by atoms with Crippen LogP contribution in [0.1, 0.15) is 32.6 Å².